The van der Waals surface area contributed by atoms with Gasteiger partial charge in [-0.15, -0.1) is 0 Å². The number of hydrogen-bond donors (Lipinski definition) is 1. The van der Waals surface area contributed by atoms with Crippen LogP contribution in [0.1, 0.15) is 42.7 Å². The lowest BCUT2D eigenvalue weighted by atomic mass is 9.92. The standard InChI is InChI=1S/C17H21N3O2S/c21-15(11-6-7-11)19-17-18-13-8-9-20(10-14(13)23-17)16(22)12-4-2-1-3-5-12/h1-2,11-12H,3-10H2,(H,18,19,21). The first-order valence-corrected chi connectivity index (χ1v) is 9.25. The third kappa shape index (κ3) is 3.17. The van der Waals surface area contributed by atoms with Crippen molar-refractivity contribution in [2.75, 3.05) is 11.9 Å². The molecular formula is C17H21N3O2S. The fourth-order valence-corrected chi connectivity index (χ4v) is 4.29. The third-order valence-electron chi connectivity index (χ3n) is 4.84. The Kier molecular flexibility index (Phi) is 3.93. The number of nitrogens with zero attached hydrogens (tertiary/aromatic N) is 2. The number of aromatic nitrogens is 1. The molecule has 23 heavy (non-hydrogen) atoms. The molecule has 1 aromatic rings. The molecule has 1 aliphatic heterocycles. The van der Waals surface area contributed by atoms with E-state index in [1.807, 2.05) is 4.90 Å². The smallest absolute Gasteiger partial charge is 0.229 e. The van der Waals surface area contributed by atoms with Crippen LogP contribution in [-0.4, -0.2) is 28.2 Å². The molecule has 1 unspecified atom stereocenters. The van der Waals surface area contributed by atoms with Gasteiger partial charge in [-0.3, -0.25) is 9.59 Å². The highest BCUT2D eigenvalue weighted by atomic mass is 32.1. The van der Waals surface area contributed by atoms with Gasteiger partial charge in [0.05, 0.1) is 12.2 Å². The maximum absolute atomic E-state index is 12.7. The fraction of sp³-hybridized carbons (Fsp3) is 0.588. The Bertz CT molecular complexity index is 663. The second-order valence-corrected chi connectivity index (χ2v) is 7.73. The average Bonchev–Trinajstić information content (AvgIpc) is 3.35. The largest absolute Gasteiger partial charge is 0.337 e. The van der Waals surface area contributed by atoms with E-state index < -0.39 is 0 Å². The summed E-state index contributed by atoms with van der Waals surface area (Å²) in [5.41, 5.74) is 1.05. The Morgan fingerprint density at radius 1 is 1.22 bits per heavy atom. The zero-order valence-corrected chi connectivity index (χ0v) is 13.9. The van der Waals surface area contributed by atoms with Gasteiger partial charge in [-0.1, -0.05) is 23.5 Å². The Balaban J connectivity index is 1.42. The molecule has 4 rings (SSSR count). The van der Waals surface area contributed by atoms with Crippen molar-refractivity contribution in [1.29, 1.82) is 0 Å². The van der Waals surface area contributed by atoms with Crippen molar-refractivity contribution in [3.63, 3.8) is 0 Å². The highest BCUT2D eigenvalue weighted by molar-refractivity contribution is 7.15. The second-order valence-electron chi connectivity index (χ2n) is 6.64. The zero-order valence-electron chi connectivity index (χ0n) is 13.1. The van der Waals surface area contributed by atoms with E-state index in [9.17, 15) is 9.59 Å². The lowest BCUT2D eigenvalue weighted by Gasteiger charge is -2.30. The quantitative estimate of drug-likeness (QED) is 0.866. The molecule has 122 valence electrons. The van der Waals surface area contributed by atoms with E-state index in [0.29, 0.717) is 11.7 Å². The second kappa shape index (κ2) is 6.07. The first-order valence-electron chi connectivity index (χ1n) is 8.44. The van der Waals surface area contributed by atoms with Crippen LogP contribution in [0.5, 0.6) is 0 Å². The van der Waals surface area contributed by atoms with Crippen LogP contribution in [0.15, 0.2) is 12.2 Å². The molecule has 0 radical (unpaired) electrons. The molecule has 0 bridgehead atoms. The van der Waals surface area contributed by atoms with Gasteiger partial charge in [0.2, 0.25) is 11.8 Å². The number of nitrogens with one attached hydrogen (secondary N) is 1. The predicted molar refractivity (Wildman–Crippen MR) is 89.1 cm³/mol. The number of allylic oxidation sites excluding steroid dienone is 2. The zero-order chi connectivity index (χ0) is 15.8. The van der Waals surface area contributed by atoms with Gasteiger partial charge < -0.3 is 10.2 Å². The van der Waals surface area contributed by atoms with Crippen molar-refractivity contribution in [2.45, 2.75) is 45.1 Å². The third-order valence-corrected chi connectivity index (χ3v) is 5.84. The Labute approximate surface area is 139 Å². The molecule has 0 saturated heterocycles. The molecule has 5 nitrogen and oxygen atoms in total. The first kappa shape index (κ1) is 14.9. The van der Waals surface area contributed by atoms with Crippen LogP contribution in [0.3, 0.4) is 0 Å². The molecule has 2 amide bonds. The summed E-state index contributed by atoms with van der Waals surface area (Å²) in [5.74, 6) is 0.701. The summed E-state index contributed by atoms with van der Waals surface area (Å²) in [6.45, 7) is 1.39. The Morgan fingerprint density at radius 3 is 2.83 bits per heavy atom. The van der Waals surface area contributed by atoms with Crippen LogP contribution >= 0.6 is 11.3 Å². The molecule has 1 fully saturated rings. The maximum Gasteiger partial charge on any atom is 0.229 e. The Morgan fingerprint density at radius 2 is 2.09 bits per heavy atom. The molecule has 3 aliphatic rings. The number of fused-ring (bicyclic) bond motifs is 1. The summed E-state index contributed by atoms with van der Waals surface area (Å²) in [7, 11) is 0. The molecule has 1 atom stereocenters. The van der Waals surface area contributed by atoms with Crippen molar-refractivity contribution in [3.05, 3.63) is 22.7 Å². The molecule has 0 spiro atoms. The van der Waals surface area contributed by atoms with E-state index in [1.54, 1.807) is 0 Å². The van der Waals surface area contributed by atoms with Crippen LogP contribution in [-0.2, 0) is 22.6 Å². The number of amides is 2. The number of anilines is 1. The van der Waals surface area contributed by atoms with Gasteiger partial charge in [0, 0.05) is 29.7 Å². The van der Waals surface area contributed by atoms with Gasteiger partial charge >= 0.3 is 0 Å². The molecule has 0 aromatic carbocycles. The lowest BCUT2D eigenvalue weighted by Crippen LogP contribution is -2.39. The van der Waals surface area contributed by atoms with Crippen molar-refractivity contribution >= 4 is 28.3 Å². The van der Waals surface area contributed by atoms with Crippen LogP contribution in [0.2, 0.25) is 0 Å². The van der Waals surface area contributed by atoms with E-state index in [1.165, 1.54) is 11.3 Å². The topological polar surface area (TPSA) is 62.3 Å². The van der Waals surface area contributed by atoms with E-state index in [0.717, 1.165) is 55.6 Å². The van der Waals surface area contributed by atoms with Crippen molar-refractivity contribution in [3.8, 4) is 0 Å². The summed E-state index contributed by atoms with van der Waals surface area (Å²) < 4.78 is 0. The van der Waals surface area contributed by atoms with E-state index in [4.69, 9.17) is 0 Å². The minimum absolute atomic E-state index is 0.0954. The molecule has 1 N–H and O–H groups in total. The maximum atomic E-state index is 12.7. The summed E-state index contributed by atoms with van der Waals surface area (Å²) in [5, 5.41) is 3.62. The summed E-state index contributed by atoms with van der Waals surface area (Å²) in [6.07, 6.45) is 9.91. The van der Waals surface area contributed by atoms with Crippen LogP contribution < -0.4 is 5.32 Å². The van der Waals surface area contributed by atoms with E-state index in [2.05, 4.69) is 22.5 Å². The number of carbonyl (C=O) groups excluding carboxylic acids is 2. The highest BCUT2D eigenvalue weighted by Gasteiger charge is 2.32. The van der Waals surface area contributed by atoms with Crippen molar-refractivity contribution in [1.82, 2.24) is 9.88 Å². The van der Waals surface area contributed by atoms with E-state index in [-0.39, 0.29) is 23.7 Å². The lowest BCUT2D eigenvalue weighted by molar-refractivity contribution is -0.136. The number of hydrogen-bond acceptors (Lipinski definition) is 4. The van der Waals surface area contributed by atoms with Gasteiger partial charge in [0.15, 0.2) is 5.13 Å². The van der Waals surface area contributed by atoms with Crippen LogP contribution in [0, 0.1) is 11.8 Å². The van der Waals surface area contributed by atoms with Gasteiger partial charge in [0.1, 0.15) is 0 Å². The summed E-state index contributed by atoms with van der Waals surface area (Å²) >= 11 is 1.53. The monoisotopic (exact) mass is 331 g/mol. The molecular weight excluding hydrogens is 310 g/mol. The van der Waals surface area contributed by atoms with Crippen molar-refractivity contribution < 1.29 is 9.59 Å². The van der Waals surface area contributed by atoms with Gasteiger partial charge in [-0.05, 0) is 32.1 Å². The first-order chi connectivity index (χ1) is 11.2. The summed E-state index contributed by atoms with van der Waals surface area (Å²) in [4.78, 5) is 32.1. The van der Waals surface area contributed by atoms with Gasteiger partial charge in [-0.2, -0.15) is 0 Å². The SMILES string of the molecule is O=C(Nc1nc2c(s1)CN(C(=O)C1CC=CCC1)CC2)C1CC1. The van der Waals surface area contributed by atoms with Crippen molar-refractivity contribution in [2.24, 2.45) is 11.8 Å². The Hall–Kier alpha value is -1.69. The highest BCUT2D eigenvalue weighted by Crippen LogP contribution is 2.33. The minimum Gasteiger partial charge on any atom is -0.337 e. The van der Waals surface area contributed by atoms with E-state index >= 15 is 0 Å². The normalized spacial score (nSPS) is 23.5. The van der Waals surface area contributed by atoms with Gasteiger partial charge in [0.25, 0.3) is 0 Å². The minimum atomic E-state index is 0.0954. The molecule has 1 aromatic heterocycles. The van der Waals surface area contributed by atoms with Crippen LogP contribution in [0.25, 0.3) is 0 Å². The van der Waals surface area contributed by atoms with Crippen LogP contribution in [0.4, 0.5) is 5.13 Å². The predicted octanol–water partition coefficient (Wildman–Crippen LogP) is 2.73. The fourth-order valence-electron chi connectivity index (χ4n) is 3.27. The molecule has 1 saturated carbocycles. The molecule has 2 heterocycles. The number of thiazole rings is 1. The number of rotatable bonds is 3. The summed E-state index contributed by atoms with van der Waals surface area (Å²) in [6, 6.07) is 0. The molecule has 2 aliphatic carbocycles. The average molecular weight is 331 g/mol. The number of carbonyl (C=O) groups is 2. The van der Waals surface area contributed by atoms with Gasteiger partial charge in [-0.25, -0.2) is 4.98 Å². The molecule has 6 heteroatoms.